The number of aryl methyl sites for hydroxylation is 2. The minimum atomic E-state index is -0.0907. The summed E-state index contributed by atoms with van der Waals surface area (Å²) in [5.74, 6) is 0. The molecular formula is C22H17N5O. The van der Waals surface area contributed by atoms with Gasteiger partial charge in [0.05, 0.1) is 23.8 Å². The number of pyridine rings is 2. The van der Waals surface area contributed by atoms with E-state index in [2.05, 4.69) is 15.1 Å². The quantitative estimate of drug-likeness (QED) is 0.489. The molecule has 1 aromatic carbocycles. The maximum Gasteiger partial charge on any atom is 0.274 e. The SMILES string of the molecule is O=c1c2cccc(-c3cccnc3)c2cnn1CCc1cn2ccccc2n1. The molecule has 0 bridgehead atoms. The van der Waals surface area contributed by atoms with Gasteiger partial charge >= 0.3 is 0 Å². The number of hydrogen-bond acceptors (Lipinski definition) is 4. The number of aromatic nitrogens is 5. The van der Waals surface area contributed by atoms with Crippen molar-refractivity contribution in [1.82, 2.24) is 24.1 Å². The van der Waals surface area contributed by atoms with Gasteiger partial charge in [-0.3, -0.25) is 9.78 Å². The van der Waals surface area contributed by atoms with Crippen LogP contribution >= 0.6 is 0 Å². The Morgan fingerprint density at radius 2 is 1.89 bits per heavy atom. The average Bonchev–Trinajstić information content (AvgIpc) is 3.17. The molecule has 0 saturated carbocycles. The predicted molar refractivity (Wildman–Crippen MR) is 108 cm³/mol. The number of hydrogen-bond donors (Lipinski definition) is 0. The van der Waals surface area contributed by atoms with Crippen molar-refractivity contribution >= 4 is 16.4 Å². The monoisotopic (exact) mass is 367 g/mol. The van der Waals surface area contributed by atoms with Crippen LogP contribution in [0.5, 0.6) is 0 Å². The maximum atomic E-state index is 13.0. The molecule has 0 N–H and O–H groups in total. The summed E-state index contributed by atoms with van der Waals surface area (Å²) in [7, 11) is 0. The first-order valence-electron chi connectivity index (χ1n) is 9.11. The Hall–Kier alpha value is -3.80. The smallest absolute Gasteiger partial charge is 0.274 e. The maximum absolute atomic E-state index is 13.0. The summed E-state index contributed by atoms with van der Waals surface area (Å²) >= 11 is 0. The molecule has 5 aromatic rings. The lowest BCUT2D eigenvalue weighted by Gasteiger charge is -2.08. The molecule has 5 rings (SSSR count). The second-order valence-corrected chi connectivity index (χ2v) is 6.63. The van der Waals surface area contributed by atoms with Crippen molar-refractivity contribution in [2.24, 2.45) is 0 Å². The molecule has 136 valence electrons. The van der Waals surface area contributed by atoms with Crippen LogP contribution in [0.1, 0.15) is 5.69 Å². The van der Waals surface area contributed by atoms with E-state index < -0.39 is 0 Å². The molecule has 6 nitrogen and oxygen atoms in total. The van der Waals surface area contributed by atoms with Gasteiger partial charge in [-0.2, -0.15) is 5.10 Å². The Morgan fingerprint density at radius 1 is 0.929 bits per heavy atom. The number of rotatable bonds is 4. The number of imidazole rings is 1. The van der Waals surface area contributed by atoms with Gasteiger partial charge in [-0.1, -0.05) is 24.3 Å². The molecule has 0 fully saturated rings. The van der Waals surface area contributed by atoms with Crippen molar-refractivity contribution in [3.63, 3.8) is 0 Å². The lowest BCUT2D eigenvalue weighted by molar-refractivity contribution is 0.580. The second-order valence-electron chi connectivity index (χ2n) is 6.63. The number of fused-ring (bicyclic) bond motifs is 2. The highest BCUT2D eigenvalue weighted by Gasteiger charge is 2.10. The minimum absolute atomic E-state index is 0.0907. The van der Waals surface area contributed by atoms with Crippen molar-refractivity contribution in [2.75, 3.05) is 0 Å². The number of benzene rings is 1. The van der Waals surface area contributed by atoms with Gasteiger partial charge in [0.1, 0.15) is 5.65 Å². The highest BCUT2D eigenvalue weighted by Crippen LogP contribution is 2.25. The van der Waals surface area contributed by atoms with E-state index in [4.69, 9.17) is 0 Å². The van der Waals surface area contributed by atoms with E-state index in [1.54, 1.807) is 18.6 Å². The van der Waals surface area contributed by atoms with Crippen LogP contribution in [0.15, 0.2) is 84.3 Å². The molecular weight excluding hydrogens is 350 g/mol. The fourth-order valence-electron chi connectivity index (χ4n) is 3.47. The molecule has 4 aromatic heterocycles. The molecule has 0 radical (unpaired) electrons. The largest absolute Gasteiger partial charge is 0.307 e. The fourth-order valence-corrected chi connectivity index (χ4v) is 3.47. The van der Waals surface area contributed by atoms with Crippen molar-refractivity contribution in [3.05, 3.63) is 95.6 Å². The molecule has 28 heavy (non-hydrogen) atoms. The molecule has 0 aliphatic heterocycles. The zero-order valence-corrected chi connectivity index (χ0v) is 15.1. The summed E-state index contributed by atoms with van der Waals surface area (Å²) in [6.07, 6.45) is 9.89. The van der Waals surface area contributed by atoms with Crippen LogP contribution in [-0.4, -0.2) is 24.1 Å². The van der Waals surface area contributed by atoms with Gasteiger partial charge in [0.2, 0.25) is 0 Å². The van der Waals surface area contributed by atoms with E-state index in [1.807, 2.05) is 65.3 Å². The third-order valence-corrected chi connectivity index (χ3v) is 4.86. The van der Waals surface area contributed by atoms with Gasteiger partial charge < -0.3 is 4.40 Å². The molecule has 6 heteroatoms. The number of nitrogens with zero attached hydrogens (tertiary/aromatic N) is 5. The Balaban J connectivity index is 1.49. The first-order chi connectivity index (χ1) is 13.8. The van der Waals surface area contributed by atoms with Gasteiger partial charge in [-0.25, -0.2) is 9.67 Å². The normalized spacial score (nSPS) is 11.3. The van der Waals surface area contributed by atoms with Gasteiger partial charge in [-0.05, 0) is 29.8 Å². The Kier molecular flexibility index (Phi) is 3.94. The third-order valence-electron chi connectivity index (χ3n) is 4.86. The third kappa shape index (κ3) is 2.85. The van der Waals surface area contributed by atoms with Crippen molar-refractivity contribution < 1.29 is 0 Å². The fraction of sp³-hybridized carbons (Fsp3) is 0.0909. The van der Waals surface area contributed by atoms with Gasteiger partial charge in [-0.15, -0.1) is 0 Å². The molecule has 0 atom stereocenters. The molecule has 0 saturated heterocycles. The van der Waals surface area contributed by atoms with Crippen LogP contribution in [0.4, 0.5) is 0 Å². The van der Waals surface area contributed by atoms with E-state index in [0.29, 0.717) is 18.4 Å². The summed E-state index contributed by atoms with van der Waals surface area (Å²) in [5, 5.41) is 5.91. The summed E-state index contributed by atoms with van der Waals surface area (Å²) in [4.78, 5) is 21.7. The van der Waals surface area contributed by atoms with Gasteiger partial charge in [0.25, 0.3) is 5.56 Å². The zero-order chi connectivity index (χ0) is 18.9. The summed E-state index contributed by atoms with van der Waals surface area (Å²) in [5.41, 5.74) is 3.67. The predicted octanol–water partition coefficient (Wildman–Crippen LogP) is 3.35. The molecule has 0 spiro atoms. The first-order valence-corrected chi connectivity index (χ1v) is 9.11. The highest BCUT2D eigenvalue weighted by molar-refractivity contribution is 5.95. The van der Waals surface area contributed by atoms with E-state index in [-0.39, 0.29) is 5.56 Å². The Bertz CT molecular complexity index is 1300. The highest BCUT2D eigenvalue weighted by atomic mass is 16.1. The molecule has 4 heterocycles. The Labute approximate surface area is 160 Å². The van der Waals surface area contributed by atoms with Crippen molar-refractivity contribution in [3.8, 4) is 11.1 Å². The van der Waals surface area contributed by atoms with Crippen molar-refractivity contribution in [2.45, 2.75) is 13.0 Å². The lowest BCUT2D eigenvalue weighted by atomic mass is 10.0. The topological polar surface area (TPSA) is 65.1 Å². The lowest BCUT2D eigenvalue weighted by Crippen LogP contribution is -2.23. The summed E-state index contributed by atoms with van der Waals surface area (Å²) in [6.45, 7) is 0.482. The standard InChI is InChI=1S/C22H17N5O/c28-22-19-7-3-6-18(16-5-4-10-23-13-16)20(19)14-24-27(22)12-9-17-15-26-11-2-1-8-21(26)25-17/h1-8,10-11,13-15H,9,12H2. The summed E-state index contributed by atoms with van der Waals surface area (Å²) < 4.78 is 3.49. The van der Waals surface area contributed by atoms with Gasteiger partial charge in [0, 0.05) is 42.2 Å². The molecule has 0 amide bonds. The van der Waals surface area contributed by atoms with Crippen LogP contribution in [0.2, 0.25) is 0 Å². The van der Waals surface area contributed by atoms with Crippen LogP contribution in [0, 0.1) is 0 Å². The minimum Gasteiger partial charge on any atom is -0.307 e. The van der Waals surface area contributed by atoms with Crippen LogP contribution in [-0.2, 0) is 13.0 Å². The Morgan fingerprint density at radius 3 is 2.75 bits per heavy atom. The van der Waals surface area contributed by atoms with E-state index >= 15 is 0 Å². The zero-order valence-electron chi connectivity index (χ0n) is 15.1. The van der Waals surface area contributed by atoms with Crippen molar-refractivity contribution in [1.29, 1.82) is 0 Å². The van der Waals surface area contributed by atoms with Crippen LogP contribution in [0.25, 0.3) is 27.5 Å². The van der Waals surface area contributed by atoms with E-state index in [0.717, 1.165) is 27.9 Å². The average molecular weight is 367 g/mol. The van der Waals surface area contributed by atoms with Gasteiger partial charge in [0.15, 0.2) is 0 Å². The summed E-state index contributed by atoms with van der Waals surface area (Å²) in [6, 6.07) is 15.5. The van der Waals surface area contributed by atoms with Crippen LogP contribution < -0.4 is 5.56 Å². The molecule has 0 aliphatic rings. The second kappa shape index (κ2) is 6.74. The van der Waals surface area contributed by atoms with Crippen LogP contribution in [0.3, 0.4) is 0 Å². The van der Waals surface area contributed by atoms with E-state index in [1.165, 1.54) is 4.68 Å². The molecule has 0 unspecified atom stereocenters. The van der Waals surface area contributed by atoms with E-state index in [9.17, 15) is 4.79 Å². The first kappa shape index (κ1) is 16.4. The molecule has 0 aliphatic carbocycles.